The number of likely N-dealkylation sites (N-methyl/N-ethyl adjacent to an activating group) is 1. The smallest absolute Gasteiger partial charge is 0.335 e. The number of H-pyrrole nitrogens is 1. The number of nitrogens with one attached hydrogen (secondary N) is 13. The van der Waals surface area contributed by atoms with E-state index >= 15 is 4.79 Å². The van der Waals surface area contributed by atoms with Crippen molar-refractivity contribution in [1.29, 1.82) is 0 Å². The molecule has 2 aromatic rings. The number of hydrogen-bond donors (Lipinski definition) is 21. The number of cyclic esters (lactones) is 1. The minimum Gasteiger partial charge on any atom is -0.481 e. The molecule has 0 radical (unpaired) electrons. The number of benzene rings is 1. The number of carboxylic acids is 4. The Bertz CT molecular complexity index is 3910. The lowest BCUT2D eigenvalue weighted by Gasteiger charge is -2.33. The number of unbranched alkanes of at least 4 members (excludes halogenated alkanes) is 4. The van der Waals surface area contributed by atoms with Gasteiger partial charge in [-0.25, -0.2) is 9.59 Å². The average molecular weight is 1670 g/mol. The Kier molecular flexibility index (Phi) is 42.3. The second-order valence-electron chi connectivity index (χ2n) is 29.0. The number of hydrogen-bond acceptors (Lipinski definition) is 24. The molecule has 118 heavy (non-hydrogen) atoms. The van der Waals surface area contributed by atoms with Gasteiger partial charge in [-0.1, -0.05) is 91.3 Å². The van der Waals surface area contributed by atoms with Crippen LogP contribution in [0.15, 0.2) is 30.5 Å². The van der Waals surface area contributed by atoms with Gasteiger partial charge in [-0.2, -0.15) is 0 Å². The molecule has 2 heterocycles. The molecule has 3 rings (SSSR count). The third-order valence-electron chi connectivity index (χ3n) is 19.5. The highest BCUT2D eigenvalue weighted by Crippen LogP contribution is 2.22. The highest BCUT2D eigenvalue weighted by Gasteiger charge is 2.44. The molecule has 1 aromatic carbocycles. The van der Waals surface area contributed by atoms with Crippen molar-refractivity contribution < 1.29 is 131 Å². The number of carbonyl (C=O) groups is 20. The normalized spacial score (nSPS) is 22.2. The predicted molar refractivity (Wildman–Crippen MR) is 413 cm³/mol. The molecule has 1 aliphatic heterocycles. The van der Waals surface area contributed by atoms with E-state index in [0.29, 0.717) is 40.1 Å². The highest BCUT2D eigenvalue weighted by atomic mass is 16.5. The first-order valence-electron chi connectivity index (χ1n) is 38.4. The van der Waals surface area contributed by atoms with Crippen molar-refractivity contribution in [1.82, 2.24) is 73.7 Å². The molecular formula is C74H113N17O27. The minimum absolute atomic E-state index is 0.00432. The Morgan fingerprint density at radius 2 is 1.23 bits per heavy atom. The van der Waals surface area contributed by atoms with E-state index in [1.165, 1.54) is 13.8 Å². The van der Waals surface area contributed by atoms with Crippen LogP contribution in [0.3, 0.4) is 0 Å². The van der Waals surface area contributed by atoms with Crippen LogP contribution in [0.2, 0.25) is 0 Å². The summed E-state index contributed by atoms with van der Waals surface area (Å²) in [5.41, 5.74) is 17.8. The van der Waals surface area contributed by atoms with E-state index in [4.69, 9.17) is 26.7 Å². The zero-order valence-corrected chi connectivity index (χ0v) is 67.2. The quantitative estimate of drug-likeness (QED) is 0.0220. The summed E-state index contributed by atoms with van der Waals surface area (Å²) < 4.78 is 10.8. The molecule has 1 fully saturated rings. The first kappa shape index (κ1) is 100. The van der Waals surface area contributed by atoms with Gasteiger partial charge in [0, 0.05) is 50.5 Å². The van der Waals surface area contributed by atoms with Crippen molar-refractivity contribution in [3.05, 3.63) is 36.0 Å². The fraction of sp³-hybridized carbons (Fsp3) is 0.622. The number of aliphatic carboxylic acids is 4. The Morgan fingerprint density at radius 3 is 1.83 bits per heavy atom. The van der Waals surface area contributed by atoms with Crippen molar-refractivity contribution in [2.75, 3.05) is 33.8 Å². The number of fused-ring (bicyclic) bond motifs is 1. The van der Waals surface area contributed by atoms with E-state index in [1.54, 1.807) is 30.5 Å². The number of aliphatic hydroxyl groups excluding tert-OH is 1. The molecule has 17 unspecified atom stereocenters. The van der Waals surface area contributed by atoms with Gasteiger partial charge in [-0.15, -0.1) is 0 Å². The first-order chi connectivity index (χ1) is 55.5. The monoisotopic (exact) mass is 1670 g/mol. The molecule has 1 aromatic heterocycles. The van der Waals surface area contributed by atoms with E-state index in [1.807, 2.05) is 10.6 Å². The lowest BCUT2D eigenvalue weighted by molar-refractivity contribution is -0.159. The molecule has 0 aliphatic carbocycles. The SMILES string of the molecule is CCC(C)CCCCCCC(=O)NC(Cc1c[nH]c2ccccc12)C(=O)NC(CCC(=O)O)C(=O)NC(C(=O)NC1C(=O)N(C)CC(=O)NC(C)C(=O)NC(CC(=O)O)C(=O)NC(CCCCN)C(=O)NC(C(OC)C(=O)O)C(=O)NCC(=O)NC(CC(N)=O)C(=O)NC(C(C)CC(=O)O)C(=O)NC(C(C)CC)C(=O)OC1C)C(O)C(N)=O. The van der Waals surface area contributed by atoms with E-state index in [9.17, 15) is 117 Å². The highest BCUT2D eigenvalue weighted by molar-refractivity contribution is 6.03. The number of rotatable bonds is 38. The first-order valence-corrected chi connectivity index (χ1v) is 38.4. The van der Waals surface area contributed by atoms with E-state index < -0.39 is 260 Å². The molecule has 17 atom stereocenters. The summed E-state index contributed by atoms with van der Waals surface area (Å²) in [4.78, 5) is 278. The number of amides is 15. The number of esters is 1. The number of primary amides is 2. The van der Waals surface area contributed by atoms with Crippen LogP contribution in [-0.4, -0.2) is 272 Å². The van der Waals surface area contributed by atoms with Gasteiger partial charge in [-0.3, -0.25) is 86.3 Å². The van der Waals surface area contributed by atoms with Crippen LogP contribution in [0.5, 0.6) is 0 Å². The molecular weight excluding hydrogens is 1560 g/mol. The maximum atomic E-state index is 15.0. The van der Waals surface area contributed by atoms with Crippen LogP contribution >= 0.6 is 0 Å². The van der Waals surface area contributed by atoms with Gasteiger partial charge in [0.05, 0.1) is 32.4 Å². The Labute approximate surface area is 678 Å². The second-order valence-corrected chi connectivity index (χ2v) is 29.0. The van der Waals surface area contributed by atoms with Crippen molar-refractivity contribution in [2.24, 2.45) is 35.0 Å². The summed E-state index contributed by atoms with van der Waals surface area (Å²) in [7, 11) is 1.70. The number of nitrogens with two attached hydrogens (primary N) is 3. The largest absolute Gasteiger partial charge is 0.481 e. The third-order valence-corrected chi connectivity index (χ3v) is 19.5. The van der Waals surface area contributed by atoms with E-state index in [2.05, 4.69) is 72.0 Å². The topological polar surface area (TPSA) is 702 Å². The Morgan fingerprint density at radius 1 is 0.619 bits per heavy atom. The summed E-state index contributed by atoms with van der Waals surface area (Å²) in [5.74, 6) is -30.5. The van der Waals surface area contributed by atoms with Crippen molar-refractivity contribution in [3.8, 4) is 0 Å². The van der Waals surface area contributed by atoms with E-state index in [-0.39, 0.29) is 45.1 Å². The van der Waals surface area contributed by atoms with Crippen LogP contribution in [0.25, 0.3) is 10.9 Å². The van der Waals surface area contributed by atoms with Gasteiger partial charge in [0.2, 0.25) is 88.6 Å². The zero-order chi connectivity index (χ0) is 89.0. The molecule has 0 spiro atoms. The molecule has 0 bridgehead atoms. The predicted octanol–water partition coefficient (Wildman–Crippen LogP) is -5.58. The number of aliphatic hydroxyl groups is 1. The van der Waals surface area contributed by atoms with Gasteiger partial charge in [0.15, 0.2) is 12.2 Å². The van der Waals surface area contributed by atoms with E-state index in [0.717, 1.165) is 60.6 Å². The maximum absolute atomic E-state index is 15.0. The van der Waals surface area contributed by atoms with Gasteiger partial charge in [-0.05, 0) is 81.9 Å². The number of para-hydroxylation sites is 1. The summed E-state index contributed by atoms with van der Waals surface area (Å²) in [6.45, 7) is 7.81. The van der Waals surface area contributed by atoms with Crippen LogP contribution in [0, 0.1) is 17.8 Å². The lowest BCUT2D eigenvalue weighted by Crippen LogP contribution is -2.64. The molecule has 44 heteroatoms. The molecule has 44 nitrogen and oxygen atoms in total. The van der Waals surface area contributed by atoms with Gasteiger partial charge >= 0.3 is 29.8 Å². The summed E-state index contributed by atoms with van der Waals surface area (Å²) in [5, 5.41) is 78.5. The van der Waals surface area contributed by atoms with Crippen LogP contribution in [-0.2, 0) is 112 Å². The molecule has 1 saturated heterocycles. The molecule has 656 valence electrons. The number of nitrogens with zero attached hydrogens (tertiary/aromatic N) is 1. The lowest BCUT2D eigenvalue weighted by atomic mass is 9.94. The number of carboxylic acid groups (broad SMARTS) is 4. The number of aromatic amines is 1. The standard InChI is InChI=1S/C74H113N17O27/c1-10-35(3)20-14-12-13-15-24-49(93)81-45(29-40-32-78-42-22-17-16-21-41(40)42)66(107)84-44(25-26-52(96)97)65(106)89-58(60(102)62(77)103)71(112)88-57-39(7)118-74(116)56(36(4)11-2)87-70(111)55(37(5)28-53(98)99)86-68(109)46(30-48(76)92)82-50(94)33-79-69(110)59(61(117-9)73(114)115)90-64(105)43(23-18-19-27-75)83-67(108)47(31-54(100)101)85-63(104)38(6)80-51(95)34-91(8)72(57)113/h16-17,21-22,32,35-39,43-47,55-61,78,102H,10-15,18-20,23-31,33-34,75H2,1-9H3,(H2,76,92)(H2,77,103)(H,79,110)(H,80,95)(H,81,93)(H,82,94)(H,83,108)(H,84,107)(H,85,104)(H,86,109)(H,87,111)(H,88,112)(H,89,106)(H,90,105)(H,96,97)(H,98,99)(H,100,101)(H,114,115). The van der Waals surface area contributed by atoms with Crippen LogP contribution in [0.4, 0.5) is 0 Å². The summed E-state index contributed by atoms with van der Waals surface area (Å²) >= 11 is 0. The van der Waals surface area contributed by atoms with Gasteiger partial charge in [0.1, 0.15) is 72.6 Å². The fourth-order valence-corrected chi connectivity index (χ4v) is 12.3. The Balaban J connectivity index is 2.30. The molecule has 24 N–H and O–H groups in total. The fourth-order valence-electron chi connectivity index (χ4n) is 12.3. The second kappa shape index (κ2) is 49.8. The minimum atomic E-state index is -2.80. The zero-order valence-electron chi connectivity index (χ0n) is 67.2. The summed E-state index contributed by atoms with van der Waals surface area (Å²) in [6.07, 6.45) is -6.14. The Hall–Kier alpha value is -12.0. The number of aromatic nitrogens is 1. The molecule has 0 saturated carbocycles. The molecule has 1 aliphatic rings. The molecule has 15 amide bonds. The van der Waals surface area contributed by atoms with Crippen LogP contribution in [0.1, 0.15) is 157 Å². The van der Waals surface area contributed by atoms with Crippen molar-refractivity contribution in [2.45, 2.75) is 242 Å². The van der Waals surface area contributed by atoms with Gasteiger partial charge < -0.3 is 126 Å². The average Bonchev–Trinajstić information content (AvgIpc) is 1.72. The number of methoxy groups -OCH3 is 1. The van der Waals surface area contributed by atoms with Gasteiger partial charge in [0.25, 0.3) is 0 Å². The van der Waals surface area contributed by atoms with Crippen LogP contribution < -0.4 is 81.0 Å². The number of carbonyl (C=O) groups excluding carboxylic acids is 16. The van der Waals surface area contributed by atoms with Crippen molar-refractivity contribution >= 4 is 129 Å². The summed E-state index contributed by atoms with van der Waals surface area (Å²) in [6, 6.07) is -15.7. The third kappa shape index (κ3) is 33.3. The number of ether oxygens (including phenoxy) is 2. The van der Waals surface area contributed by atoms with Crippen molar-refractivity contribution in [3.63, 3.8) is 0 Å². The maximum Gasteiger partial charge on any atom is 0.335 e.